The van der Waals surface area contributed by atoms with Gasteiger partial charge < -0.3 is 19.9 Å². The smallest absolute Gasteiger partial charge is 0.341 e. The van der Waals surface area contributed by atoms with E-state index in [0.29, 0.717) is 24.0 Å². The van der Waals surface area contributed by atoms with Crippen molar-refractivity contribution in [3.63, 3.8) is 0 Å². The van der Waals surface area contributed by atoms with Crippen LogP contribution >= 0.6 is 0 Å². The van der Waals surface area contributed by atoms with Gasteiger partial charge in [0.15, 0.2) is 11.6 Å². The van der Waals surface area contributed by atoms with Crippen molar-refractivity contribution in [1.29, 1.82) is 0 Å². The molecule has 0 amide bonds. The number of hydrogen-bond acceptors (Lipinski definition) is 5. The Morgan fingerprint density at radius 1 is 1.40 bits per heavy atom. The van der Waals surface area contributed by atoms with Gasteiger partial charge in [-0.2, -0.15) is 0 Å². The van der Waals surface area contributed by atoms with Crippen molar-refractivity contribution in [3.8, 4) is 0 Å². The van der Waals surface area contributed by atoms with Crippen LogP contribution in [-0.2, 0) is 6.54 Å². The minimum Gasteiger partial charge on any atom is -0.477 e. The van der Waals surface area contributed by atoms with Gasteiger partial charge in [0.25, 0.3) is 0 Å². The Balaban J connectivity index is 1.85. The second-order valence-corrected chi connectivity index (χ2v) is 6.71. The zero-order valence-corrected chi connectivity index (χ0v) is 13.8. The van der Waals surface area contributed by atoms with Crippen LogP contribution in [0.25, 0.3) is 11.0 Å². The molecule has 0 bridgehead atoms. The van der Waals surface area contributed by atoms with E-state index in [4.69, 9.17) is 0 Å². The molecule has 2 aromatic heterocycles. The van der Waals surface area contributed by atoms with E-state index in [2.05, 4.69) is 10.3 Å². The van der Waals surface area contributed by atoms with Crippen LogP contribution in [0.1, 0.15) is 17.3 Å². The Hall–Kier alpha value is -2.48. The van der Waals surface area contributed by atoms with Crippen molar-refractivity contribution < 1.29 is 14.3 Å². The fraction of sp³-hybridized carbons (Fsp3) is 0.471. The van der Waals surface area contributed by atoms with Crippen LogP contribution in [0.5, 0.6) is 0 Å². The number of nitrogens with zero attached hydrogens (tertiary/aromatic N) is 3. The summed E-state index contributed by atoms with van der Waals surface area (Å²) >= 11 is 0. The monoisotopic (exact) mass is 346 g/mol. The lowest BCUT2D eigenvalue weighted by molar-refractivity contribution is 0.0695. The van der Waals surface area contributed by atoms with Crippen LogP contribution in [0.15, 0.2) is 17.1 Å². The summed E-state index contributed by atoms with van der Waals surface area (Å²) in [4.78, 5) is 30.0. The van der Waals surface area contributed by atoms with Crippen LogP contribution in [-0.4, -0.2) is 46.8 Å². The van der Waals surface area contributed by atoms with Gasteiger partial charge in [-0.25, -0.2) is 14.2 Å². The standard InChI is InChI=1S/C17H19FN4O3/c1-2-21-8-12(17(24)25)14(23)11-3-13(18)16(20-15(11)21)22-6-9-4-19-5-10(9)7-22/h3,8-10,19H,2,4-7H2,1H3,(H,24,25). The molecule has 2 aliphatic rings. The Kier molecular flexibility index (Phi) is 3.72. The van der Waals surface area contributed by atoms with Crippen LogP contribution in [0.4, 0.5) is 10.2 Å². The zero-order chi connectivity index (χ0) is 17.7. The average Bonchev–Trinajstić information content (AvgIpc) is 3.16. The lowest BCUT2D eigenvalue weighted by atomic mass is 10.0. The van der Waals surface area contributed by atoms with E-state index in [0.717, 1.165) is 32.2 Å². The molecule has 132 valence electrons. The molecular weight excluding hydrogens is 327 g/mol. The highest BCUT2D eigenvalue weighted by Crippen LogP contribution is 2.31. The summed E-state index contributed by atoms with van der Waals surface area (Å²) < 4.78 is 16.3. The summed E-state index contributed by atoms with van der Waals surface area (Å²) in [7, 11) is 0. The first-order valence-corrected chi connectivity index (χ1v) is 8.42. The number of hydrogen-bond donors (Lipinski definition) is 2. The maximum Gasteiger partial charge on any atom is 0.341 e. The highest BCUT2D eigenvalue weighted by Gasteiger charge is 2.37. The molecule has 2 atom stereocenters. The number of fused-ring (bicyclic) bond motifs is 2. The van der Waals surface area contributed by atoms with Gasteiger partial charge in [-0.3, -0.25) is 4.79 Å². The molecular formula is C17H19FN4O3. The molecule has 0 spiro atoms. The molecule has 0 radical (unpaired) electrons. The number of aromatic nitrogens is 2. The van der Waals surface area contributed by atoms with E-state index in [-0.39, 0.29) is 16.8 Å². The number of aromatic carboxylic acids is 1. The predicted molar refractivity (Wildman–Crippen MR) is 90.7 cm³/mol. The molecule has 8 heteroatoms. The molecule has 2 fully saturated rings. The molecule has 25 heavy (non-hydrogen) atoms. The second kappa shape index (κ2) is 5.80. The molecule has 4 heterocycles. The Morgan fingerprint density at radius 3 is 2.68 bits per heavy atom. The Morgan fingerprint density at radius 2 is 2.08 bits per heavy atom. The molecule has 0 saturated carbocycles. The number of nitrogens with one attached hydrogen (secondary N) is 1. The van der Waals surface area contributed by atoms with E-state index in [1.54, 1.807) is 4.57 Å². The van der Waals surface area contributed by atoms with Gasteiger partial charge in [0.1, 0.15) is 11.2 Å². The summed E-state index contributed by atoms with van der Waals surface area (Å²) in [5.74, 6) is -0.688. The van der Waals surface area contributed by atoms with E-state index in [1.807, 2.05) is 11.8 Å². The first-order valence-electron chi connectivity index (χ1n) is 8.42. The van der Waals surface area contributed by atoms with Gasteiger partial charge in [-0.05, 0) is 24.8 Å². The normalized spacial score (nSPS) is 22.6. The number of pyridine rings is 2. The third kappa shape index (κ3) is 2.48. The fourth-order valence-electron chi connectivity index (χ4n) is 3.92. The van der Waals surface area contributed by atoms with E-state index in [9.17, 15) is 19.1 Å². The molecule has 4 rings (SSSR count). The van der Waals surface area contributed by atoms with Gasteiger partial charge in [-0.1, -0.05) is 0 Å². The summed E-state index contributed by atoms with van der Waals surface area (Å²) in [5, 5.41) is 12.5. The lowest BCUT2D eigenvalue weighted by Gasteiger charge is -2.20. The van der Waals surface area contributed by atoms with Crippen molar-refractivity contribution in [2.45, 2.75) is 13.5 Å². The van der Waals surface area contributed by atoms with Crippen molar-refractivity contribution in [2.24, 2.45) is 11.8 Å². The molecule has 2 aromatic rings. The van der Waals surface area contributed by atoms with Crippen LogP contribution in [0.2, 0.25) is 0 Å². The van der Waals surface area contributed by atoms with Gasteiger partial charge in [0, 0.05) is 38.9 Å². The van der Waals surface area contributed by atoms with E-state index >= 15 is 0 Å². The van der Waals surface area contributed by atoms with Gasteiger partial charge in [-0.15, -0.1) is 0 Å². The summed E-state index contributed by atoms with van der Waals surface area (Å²) in [6, 6.07) is 1.13. The molecule has 2 unspecified atom stereocenters. The maximum atomic E-state index is 14.7. The highest BCUT2D eigenvalue weighted by molar-refractivity contribution is 5.92. The van der Waals surface area contributed by atoms with Crippen molar-refractivity contribution in [1.82, 2.24) is 14.9 Å². The molecule has 7 nitrogen and oxygen atoms in total. The number of carboxylic acid groups (broad SMARTS) is 1. The van der Waals surface area contributed by atoms with Crippen molar-refractivity contribution >= 4 is 22.8 Å². The average molecular weight is 346 g/mol. The number of rotatable bonds is 3. The van der Waals surface area contributed by atoms with E-state index in [1.165, 1.54) is 6.20 Å². The molecule has 2 aliphatic heterocycles. The number of carboxylic acids is 1. The quantitative estimate of drug-likeness (QED) is 0.859. The largest absolute Gasteiger partial charge is 0.477 e. The molecule has 2 saturated heterocycles. The summed E-state index contributed by atoms with van der Waals surface area (Å²) in [6.45, 7) is 5.58. The number of anilines is 1. The predicted octanol–water partition coefficient (Wildman–Crippen LogP) is 0.909. The van der Waals surface area contributed by atoms with E-state index < -0.39 is 17.2 Å². The van der Waals surface area contributed by atoms with Crippen LogP contribution < -0.4 is 15.6 Å². The van der Waals surface area contributed by atoms with Crippen LogP contribution in [0, 0.1) is 17.7 Å². The molecule has 2 N–H and O–H groups in total. The van der Waals surface area contributed by atoms with Crippen LogP contribution in [0.3, 0.4) is 0 Å². The first-order chi connectivity index (χ1) is 12.0. The minimum absolute atomic E-state index is 0.00376. The second-order valence-electron chi connectivity index (χ2n) is 6.71. The minimum atomic E-state index is -1.32. The third-order valence-corrected chi connectivity index (χ3v) is 5.24. The highest BCUT2D eigenvalue weighted by atomic mass is 19.1. The number of aryl methyl sites for hydroxylation is 1. The molecule has 0 aliphatic carbocycles. The summed E-state index contributed by atoms with van der Waals surface area (Å²) in [6.07, 6.45) is 1.28. The van der Waals surface area contributed by atoms with Gasteiger partial charge >= 0.3 is 5.97 Å². The molecule has 0 aromatic carbocycles. The van der Waals surface area contributed by atoms with Crippen molar-refractivity contribution in [3.05, 3.63) is 33.9 Å². The van der Waals surface area contributed by atoms with Crippen molar-refractivity contribution in [2.75, 3.05) is 31.1 Å². The Labute approximate surface area is 143 Å². The number of halogens is 1. The van der Waals surface area contributed by atoms with Gasteiger partial charge in [0.2, 0.25) is 5.43 Å². The SMILES string of the molecule is CCn1cc(C(=O)O)c(=O)c2cc(F)c(N3CC4CNCC4C3)nc21. The topological polar surface area (TPSA) is 87.5 Å². The third-order valence-electron chi connectivity index (χ3n) is 5.24. The first kappa shape index (κ1) is 16.0. The fourth-order valence-corrected chi connectivity index (χ4v) is 3.92. The maximum absolute atomic E-state index is 14.7. The lowest BCUT2D eigenvalue weighted by Crippen LogP contribution is -2.28. The Bertz CT molecular complexity index is 914. The zero-order valence-electron chi connectivity index (χ0n) is 13.8. The number of carbonyl (C=O) groups is 1. The summed E-state index contributed by atoms with van der Waals surface area (Å²) in [5.41, 5.74) is -0.748. The van der Waals surface area contributed by atoms with Gasteiger partial charge in [0.05, 0.1) is 5.39 Å².